The molecule has 0 amide bonds. The molecule has 0 aromatic heterocycles. The maximum Gasteiger partial charge on any atom is 0.161 e. The van der Waals surface area contributed by atoms with Crippen molar-refractivity contribution in [2.75, 3.05) is 25.7 Å². The average Bonchev–Trinajstić information content (AvgIpc) is 2.68. The lowest BCUT2D eigenvalue weighted by Crippen LogP contribution is -2.29. The smallest absolute Gasteiger partial charge is 0.161 e. The van der Waals surface area contributed by atoms with E-state index in [0.29, 0.717) is 17.5 Å². The van der Waals surface area contributed by atoms with Crippen LogP contribution in [-0.4, -0.2) is 62.9 Å². The number of para-hydroxylation sites is 1. The van der Waals surface area contributed by atoms with Gasteiger partial charge in [-0.2, -0.15) is 0 Å². The third-order valence-electron chi connectivity index (χ3n) is 4.52. The molecule has 0 unspecified atom stereocenters. The fourth-order valence-electron chi connectivity index (χ4n) is 3.10. The molecule has 0 saturated heterocycles. The highest BCUT2D eigenvalue weighted by Gasteiger charge is 2.20. The number of aromatic hydroxyl groups is 1. The van der Waals surface area contributed by atoms with Crippen molar-refractivity contribution >= 4 is 20.2 Å². The summed E-state index contributed by atoms with van der Waals surface area (Å²) in [4.78, 5) is 0. The van der Waals surface area contributed by atoms with Crippen LogP contribution in [0.15, 0.2) is 36.4 Å². The molecule has 0 fully saturated rings. The third-order valence-corrected chi connectivity index (χ3v) is 6.09. The van der Waals surface area contributed by atoms with Crippen molar-refractivity contribution in [3.63, 3.8) is 0 Å². The summed E-state index contributed by atoms with van der Waals surface area (Å²) in [6.45, 7) is 0. The Balaban J connectivity index is 2.25. The highest BCUT2D eigenvalue weighted by Crippen LogP contribution is 2.33. The van der Waals surface area contributed by atoms with Gasteiger partial charge in [0.05, 0.1) is 40.2 Å². The standard InChI is InChI=1S/C20H26O10S2/c1-28-18-7-3-6-15(20(18)21)12-16(13-32(25,26)27)30-17-9-8-14(11-19(17)29-2)5-4-10-31(22,23)24/h3,6-9,11,16,21H,4-5,10,12-13H2,1-2H3,(H,22,23,24)(H,25,26,27)/p-2/t16-/m0/s1. The molecule has 2 rings (SSSR count). The van der Waals surface area contributed by atoms with Crippen LogP contribution in [0.4, 0.5) is 0 Å². The lowest BCUT2D eigenvalue weighted by molar-refractivity contribution is 0.209. The summed E-state index contributed by atoms with van der Waals surface area (Å²) < 4.78 is 82.5. The predicted octanol–water partition coefficient (Wildman–Crippen LogP) is 1.42. The average molecular weight is 489 g/mol. The predicted molar refractivity (Wildman–Crippen MR) is 113 cm³/mol. The molecule has 0 aliphatic carbocycles. The molecule has 32 heavy (non-hydrogen) atoms. The summed E-state index contributed by atoms with van der Waals surface area (Å²) in [6, 6.07) is 9.36. The SMILES string of the molecule is COc1cc(CCCS(=O)(=O)[O-])ccc1O[C@@H](Cc1cccc(OC)c1O)CS(=O)(=O)[O-]. The quantitative estimate of drug-likeness (QED) is 0.432. The van der Waals surface area contributed by atoms with Gasteiger partial charge in [-0.3, -0.25) is 0 Å². The van der Waals surface area contributed by atoms with E-state index in [1.807, 2.05) is 0 Å². The summed E-state index contributed by atoms with van der Waals surface area (Å²) in [5, 5.41) is 10.3. The molecule has 0 bridgehead atoms. The minimum absolute atomic E-state index is 0.100. The Hall–Kier alpha value is -2.54. The number of phenols is 1. The van der Waals surface area contributed by atoms with Crippen molar-refractivity contribution in [2.45, 2.75) is 25.4 Å². The molecule has 12 heteroatoms. The molecular weight excluding hydrogens is 464 g/mol. The van der Waals surface area contributed by atoms with Gasteiger partial charge in [-0.25, -0.2) is 16.8 Å². The van der Waals surface area contributed by atoms with Crippen molar-refractivity contribution in [3.05, 3.63) is 47.5 Å². The van der Waals surface area contributed by atoms with E-state index in [-0.39, 0.29) is 35.8 Å². The topological polar surface area (TPSA) is 162 Å². The van der Waals surface area contributed by atoms with Crippen molar-refractivity contribution < 1.29 is 45.3 Å². The van der Waals surface area contributed by atoms with Crippen LogP contribution in [-0.2, 0) is 33.1 Å². The number of benzene rings is 2. The first kappa shape index (κ1) is 25.7. The zero-order chi connectivity index (χ0) is 23.9. The van der Waals surface area contributed by atoms with E-state index in [4.69, 9.17) is 14.2 Å². The minimum Gasteiger partial charge on any atom is -0.748 e. The van der Waals surface area contributed by atoms with Gasteiger partial charge in [0, 0.05) is 17.7 Å². The molecular formula is C20H24O10S2-2. The van der Waals surface area contributed by atoms with Crippen LogP contribution in [0.2, 0.25) is 0 Å². The van der Waals surface area contributed by atoms with Gasteiger partial charge in [-0.1, -0.05) is 18.2 Å². The van der Waals surface area contributed by atoms with Gasteiger partial charge in [0.15, 0.2) is 23.0 Å². The van der Waals surface area contributed by atoms with Crippen LogP contribution in [0.25, 0.3) is 0 Å². The lowest BCUT2D eigenvalue weighted by atomic mass is 10.1. The summed E-state index contributed by atoms with van der Waals surface area (Å²) in [5.74, 6) is -0.966. The second-order valence-electron chi connectivity index (χ2n) is 6.99. The molecule has 178 valence electrons. The zero-order valence-electron chi connectivity index (χ0n) is 17.5. The largest absolute Gasteiger partial charge is 0.748 e. The maximum absolute atomic E-state index is 11.4. The molecule has 0 spiro atoms. The number of hydrogen-bond donors (Lipinski definition) is 1. The number of rotatable bonds is 12. The van der Waals surface area contributed by atoms with Gasteiger partial charge >= 0.3 is 0 Å². The molecule has 0 saturated carbocycles. The van der Waals surface area contributed by atoms with Gasteiger partial charge < -0.3 is 28.4 Å². The number of hydrogen-bond acceptors (Lipinski definition) is 10. The summed E-state index contributed by atoms with van der Waals surface area (Å²) >= 11 is 0. The molecule has 2 aromatic rings. The summed E-state index contributed by atoms with van der Waals surface area (Å²) in [5.41, 5.74) is 1.00. The zero-order valence-corrected chi connectivity index (χ0v) is 19.1. The molecule has 0 heterocycles. The van der Waals surface area contributed by atoms with E-state index >= 15 is 0 Å². The van der Waals surface area contributed by atoms with Crippen LogP contribution in [0.1, 0.15) is 17.5 Å². The van der Waals surface area contributed by atoms with Crippen molar-refractivity contribution in [1.82, 2.24) is 0 Å². The van der Waals surface area contributed by atoms with E-state index in [0.717, 1.165) is 0 Å². The van der Waals surface area contributed by atoms with E-state index in [9.17, 15) is 31.0 Å². The van der Waals surface area contributed by atoms with Crippen LogP contribution in [0.5, 0.6) is 23.0 Å². The molecule has 2 aromatic carbocycles. The first-order chi connectivity index (χ1) is 14.9. The highest BCUT2D eigenvalue weighted by atomic mass is 32.2. The van der Waals surface area contributed by atoms with E-state index in [1.54, 1.807) is 24.3 Å². The summed E-state index contributed by atoms with van der Waals surface area (Å²) in [6.07, 6.45) is -0.812. The Morgan fingerprint density at radius 2 is 1.62 bits per heavy atom. The van der Waals surface area contributed by atoms with Crippen LogP contribution in [0.3, 0.4) is 0 Å². The fourth-order valence-corrected chi connectivity index (χ4v) is 4.24. The Labute approximate surface area is 187 Å². The van der Waals surface area contributed by atoms with Crippen molar-refractivity contribution in [1.29, 1.82) is 0 Å². The first-order valence-corrected chi connectivity index (χ1v) is 12.6. The van der Waals surface area contributed by atoms with Gasteiger partial charge in [0.1, 0.15) is 6.10 Å². The maximum atomic E-state index is 11.4. The Morgan fingerprint density at radius 1 is 0.938 bits per heavy atom. The number of aryl methyl sites for hydroxylation is 1. The van der Waals surface area contributed by atoms with Gasteiger partial charge in [-0.05, 0) is 36.6 Å². The molecule has 1 N–H and O–H groups in total. The Morgan fingerprint density at radius 3 is 2.22 bits per heavy atom. The lowest BCUT2D eigenvalue weighted by Gasteiger charge is -2.23. The molecule has 1 atom stereocenters. The molecule has 0 radical (unpaired) electrons. The van der Waals surface area contributed by atoms with Crippen molar-refractivity contribution in [3.8, 4) is 23.0 Å². The second-order valence-corrected chi connectivity index (χ2v) is 9.96. The van der Waals surface area contributed by atoms with Crippen molar-refractivity contribution in [2.24, 2.45) is 0 Å². The Bertz CT molecular complexity index is 1130. The molecule has 0 aliphatic rings. The second kappa shape index (κ2) is 10.9. The minimum atomic E-state index is -4.66. The van der Waals surface area contributed by atoms with Crippen LogP contribution in [0, 0.1) is 0 Å². The van der Waals surface area contributed by atoms with Gasteiger partial charge in [-0.15, -0.1) is 0 Å². The normalized spacial score (nSPS) is 12.9. The summed E-state index contributed by atoms with van der Waals surface area (Å²) in [7, 11) is -6.24. The van der Waals surface area contributed by atoms with Gasteiger partial charge in [0.25, 0.3) is 0 Å². The number of ether oxygens (including phenoxy) is 3. The third kappa shape index (κ3) is 8.19. The van der Waals surface area contributed by atoms with Crippen LogP contribution >= 0.6 is 0 Å². The van der Waals surface area contributed by atoms with E-state index < -0.39 is 37.8 Å². The highest BCUT2D eigenvalue weighted by molar-refractivity contribution is 7.85. The number of methoxy groups -OCH3 is 2. The van der Waals surface area contributed by atoms with E-state index in [2.05, 4.69) is 0 Å². The Kier molecular flexibility index (Phi) is 8.73. The first-order valence-electron chi connectivity index (χ1n) is 9.47. The monoisotopic (exact) mass is 488 g/mol. The number of phenolic OH excluding ortho intramolecular Hbond substituents is 1. The van der Waals surface area contributed by atoms with Gasteiger partial charge in [0.2, 0.25) is 0 Å². The van der Waals surface area contributed by atoms with Crippen LogP contribution < -0.4 is 14.2 Å². The van der Waals surface area contributed by atoms with E-state index in [1.165, 1.54) is 26.4 Å². The molecule has 10 nitrogen and oxygen atoms in total. The molecule has 0 aliphatic heterocycles. The fraction of sp³-hybridized carbons (Fsp3) is 0.400.